The molecule has 0 unspecified atom stereocenters. The number of methoxy groups -OCH3 is 2. The maximum absolute atomic E-state index is 12.4. The number of primary amides is 1. The average Bonchev–Trinajstić information content (AvgIpc) is 3.10. The van der Waals surface area contributed by atoms with E-state index in [4.69, 9.17) is 15.2 Å². The minimum Gasteiger partial charge on any atom is -0.493 e. The van der Waals surface area contributed by atoms with E-state index in [1.165, 1.54) is 0 Å². The van der Waals surface area contributed by atoms with Gasteiger partial charge in [-0.3, -0.25) is 9.59 Å². The normalized spacial score (nSPS) is 10.7. The number of aryl methyl sites for hydroxylation is 1. The van der Waals surface area contributed by atoms with Gasteiger partial charge in [-0.05, 0) is 48.4 Å². The number of nitrogens with one attached hydrogen (secondary N) is 2. The third-order valence-electron chi connectivity index (χ3n) is 4.85. The van der Waals surface area contributed by atoms with Gasteiger partial charge in [0.1, 0.15) is 0 Å². The van der Waals surface area contributed by atoms with Crippen molar-refractivity contribution in [1.82, 2.24) is 10.3 Å². The summed E-state index contributed by atoms with van der Waals surface area (Å²) in [5, 5.41) is 3.70. The molecule has 0 fully saturated rings. The zero-order valence-corrected chi connectivity index (χ0v) is 16.8. The molecule has 2 aromatic carbocycles. The molecule has 7 heteroatoms. The molecule has 29 heavy (non-hydrogen) atoms. The highest BCUT2D eigenvalue weighted by Gasteiger charge is 2.16. The van der Waals surface area contributed by atoms with Crippen LogP contribution < -0.4 is 20.5 Å². The van der Waals surface area contributed by atoms with Gasteiger partial charge in [0.25, 0.3) is 5.91 Å². The lowest BCUT2D eigenvalue weighted by Crippen LogP contribution is -2.27. The number of H-pyrrole nitrogens is 1. The van der Waals surface area contributed by atoms with Gasteiger partial charge in [-0.1, -0.05) is 6.92 Å². The molecule has 4 N–H and O–H groups in total. The number of ether oxygens (including phenoxy) is 2. The molecule has 0 saturated carbocycles. The van der Waals surface area contributed by atoms with Crippen LogP contribution in [0.2, 0.25) is 0 Å². The van der Waals surface area contributed by atoms with Crippen molar-refractivity contribution in [3.63, 3.8) is 0 Å². The number of hydrogen-bond donors (Lipinski definition) is 3. The molecule has 1 heterocycles. The van der Waals surface area contributed by atoms with Crippen LogP contribution >= 0.6 is 0 Å². The monoisotopic (exact) mass is 395 g/mol. The zero-order valence-electron chi connectivity index (χ0n) is 16.8. The van der Waals surface area contributed by atoms with E-state index >= 15 is 0 Å². The molecule has 0 atom stereocenters. The van der Waals surface area contributed by atoms with Gasteiger partial charge in [0.15, 0.2) is 11.5 Å². The lowest BCUT2D eigenvalue weighted by Gasteiger charge is -2.10. The van der Waals surface area contributed by atoms with Gasteiger partial charge in [0.2, 0.25) is 5.91 Å². The quantitative estimate of drug-likeness (QED) is 0.545. The Balaban J connectivity index is 1.98. The fraction of sp³-hybridized carbons (Fsp3) is 0.273. The maximum Gasteiger partial charge on any atom is 0.251 e. The number of aromatic amines is 1. The van der Waals surface area contributed by atoms with Crippen LogP contribution in [0.15, 0.2) is 36.4 Å². The van der Waals surface area contributed by atoms with Crippen LogP contribution in [0.4, 0.5) is 0 Å². The standard InChI is InChI=1S/C22H25N3O4/c1-4-15-16-11-14(22(27)24-10-9-20(23)26)5-7-17(16)25-21(15)13-6-8-18(28-2)19(12-13)29-3/h5-8,11-12,25H,4,9-10H2,1-3H3,(H2,23,26)(H,24,27). The summed E-state index contributed by atoms with van der Waals surface area (Å²) in [5.41, 5.74) is 9.66. The lowest BCUT2D eigenvalue weighted by molar-refractivity contribution is -0.117. The first-order chi connectivity index (χ1) is 14.0. The van der Waals surface area contributed by atoms with Crippen molar-refractivity contribution in [1.29, 1.82) is 0 Å². The third kappa shape index (κ3) is 4.18. The van der Waals surface area contributed by atoms with E-state index in [1.54, 1.807) is 20.3 Å². The maximum atomic E-state index is 12.4. The smallest absolute Gasteiger partial charge is 0.251 e. The summed E-state index contributed by atoms with van der Waals surface area (Å²) in [6, 6.07) is 11.3. The summed E-state index contributed by atoms with van der Waals surface area (Å²) in [6.45, 7) is 2.29. The van der Waals surface area contributed by atoms with Crippen LogP contribution in [-0.2, 0) is 11.2 Å². The second-order valence-corrected chi connectivity index (χ2v) is 6.63. The Morgan fingerprint density at radius 1 is 1.07 bits per heavy atom. The van der Waals surface area contributed by atoms with E-state index in [1.807, 2.05) is 30.3 Å². The molecule has 0 aliphatic rings. The molecule has 3 aromatic rings. The number of amides is 2. The van der Waals surface area contributed by atoms with Crippen molar-refractivity contribution in [2.24, 2.45) is 5.73 Å². The lowest BCUT2D eigenvalue weighted by atomic mass is 10.0. The van der Waals surface area contributed by atoms with Crippen LogP contribution in [0.25, 0.3) is 22.2 Å². The third-order valence-corrected chi connectivity index (χ3v) is 4.85. The number of fused-ring (bicyclic) bond motifs is 1. The number of hydrogen-bond acceptors (Lipinski definition) is 4. The van der Waals surface area contributed by atoms with Crippen molar-refractivity contribution in [2.75, 3.05) is 20.8 Å². The van der Waals surface area contributed by atoms with Gasteiger partial charge in [-0.25, -0.2) is 0 Å². The van der Waals surface area contributed by atoms with Gasteiger partial charge >= 0.3 is 0 Å². The van der Waals surface area contributed by atoms with Crippen LogP contribution in [0.3, 0.4) is 0 Å². The Bertz CT molecular complexity index is 1060. The highest BCUT2D eigenvalue weighted by Crippen LogP contribution is 2.36. The molecular formula is C22H25N3O4. The topological polar surface area (TPSA) is 106 Å². The molecule has 1 aromatic heterocycles. The minimum atomic E-state index is -0.445. The van der Waals surface area contributed by atoms with Gasteiger partial charge in [-0.15, -0.1) is 0 Å². The van der Waals surface area contributed by atoms with E-state index in [2.05, 4.69) is 17.2 Å². The molecule has 0 aliphatic carbocycles. The van der Waals surface area contributed by atoms with Gasteiger partial charge in [0, 0.05) is 40.7 Å². The summed E-state index contributed by atoms with van der Waals surface area (Å²) >= 11 is 0. The first kappa shape index (κ1) is 20.3. The summed E-state index contributed by atoms with van der Waals surface area (Å²) < 4.78 is 10.7. The predicted molar refractivity (Wildman–Crippen MR) is 112 cm³/mol. The predicted octanol–water partition coefficient (Wildman–Crippen LogP) is 3.02. The second-order valence-electron chi connectivity index (χ2n) is 6.63. The molecular weight excluding hydrogens is 370 g/mol. The summed E-state index contributed by atoms with van der Waals surface area (Å²) in [4.78, 5) is 26.7. The Hall–Kier alpha value is -3.48. The molecule has 0 radical (unpaired) electrons. The van der Waals surface area contributed by atoms with Crippen molar-refractivity contribution in [2.45, 2.75) is 19.8 Å². The first-order valence-electron chi connectivity index (χ1n) is 9.42. The average molecular weight is 395 g/mol. The highest BCUT2D eigenvalue weighted by molar-refractivity contribution is 6.00. The van der Waals surface area contributed by atoms with Gasteiger partial charge < -0.3 is 25.5 Å². The van der Waals surface area contributed by atoms with Gasteiger partial charge in [0.05, 0.1) is 14.2 Å². The van der Waals surface area contributed by atoms with E-state index in [9.17, 15) is 9.59 Å². The molecule has 7 nitrogen and oxygen atoms in total. The minimum absolute atomic E-state index is 0.113. The number of benzene rings is 2. The van der Waals surface area contributed by atoms with E-state index < -0.39 is 5.91 Å². The number of rotatable bonds is 8. The van der Waals surface area contributed by atoms with Crippen molar-refractivity contribution in [3.05, 3.63) is 47.5 Å². The summed E-state index contributed by atoms with van der Waals surface area (Å²) in [6.07, 6.45) is 0.901. The number of carbonyl (C=O) groups is 2. The highest BCUT2D eigenvalue weighted by atomic mass is 16.5. The number of carbonyl (C=O) groups excluding carboxylic acids is 2. The SMILES string of the molecule is CCc1c(-c2ccc(OC)c(OC)c2)[nH]c2ccc(C(=O)NCCC(N)=O)cc12. The Morgan fingerprint density at radius 3 is 2.48 bits per heavy atom. The molecule has 3 rings (SSSR count). The fourth-order valence-electron chi connectivity index (χ4n) is 3.40. The Kier molecular flexibility index (Phi) is 6.07. The van der Waals surface area contributed by atoms with E-state index in [-0.39, 0.29) is 18.9 Å². The molecule has 0 aliphatic heterocycles. The van der Waals surface area contributed by atoms with Crippen LogP contribution in [0.5, 0.6) is 11.5 Å². The molecule has 0 spiro atoms. The van der Waals surface area contributed by atoms with Crippen molar-refractivity contribution < 1.29 is 19.1 Å². The second kappa shape index (κ2) is 8.68. The van der Waals surface area contributed by atoms with Crippen molar-refractivity contribution in [3.8, 4) is 22.8 Å². The molecule has 2 amide bonds. The molecule has 152 valence electrons. The summed E-state index contributed by atoms with van der Waals surface area (Å²) in [5.74, 6) is 0.642. The van der Waals surface area contributed by atoms with E-state index in [0.29, 0.717) is 17.1 Å². The largest absolute Gasteiger partial charge is 0.493 e. The van der Waals surface area contributed by atoms with Crippen molar-refractivity contribution >= 4 is 22.7 Å². The Morgan fingerprint density at radius 2 is 1.83 bits per heavy atom. The van der Waals surface area contributed by atoms with Crippen LogP contribution in [-0.4, -0.2) is 37.6 Å². The molecule has 0 bridgehead atoms. The Labute approximate surface area is 169 Å². The number of aromatic nitrogens is 1. The van der Waals surface area contributed by atoms with Crippen LogP contribution in [0, 0.1) is 0 Å². The zero-order chi connectivity index (χ0) is 21.0. The van der Waals surface area contributed by atoms with Gasteiger partial charge in [-0.2, -0.15) is 0 Å². The fourth-order valence-corrected chi connectivity index (χ4v) is 3.40. The van der Waals surface area contributed by atoms with E-state index in [0.717, 1.165) is 34.1 Å². The molecule has 0 saturated heterocycles. The number of nitrogens with two attached hydrogens (primary N) is 1. The first-order valence-corrected chi connectivity index (χ1v) is 9.42. The summed E-state index contributed by atoms with van der Waals surface area (Å²) in [7, 11) is 3.21. The van der Waals surface area contributed by atoms with Crippen LogP contribution in [0.1, 0.15) is 29.3 Å².